The van der Waals surface area contributed by atoms with E-state index in [0.717, 1.165) is 41.5 Å². The van der Waals surface area contributed by atoms with E-state index in [0.29, 0.717) is 12.3 Å². The van der Waals surface area contributed by atoms with Gasteiger partial charge >= 0.3 is 0 Å². The smallest absolute Gasteiger partial charge is 0.210 e. The molecular formula is C18H17NO3. The van der Waals surface area contributed by atoms with E-state index in [4.69, 9.17) is 4.74 Å². The third-order valence-electron chi connectivity index (χ3n) is 4.80. The Labute approximate surface area is 128 Å². The van der Waals surface area contributed by atoms with Gasteiger partial charge in [-0.05, 0) is 41.2 Å². The van der Waals surface area contributed by atoms with Crippen LogP contribution in [0.25, 0.3) is 11.1 Å². The molecule has 2 aromatic rings. The maximum atomic E-state index is 11.5. The average molecular weight is 295 g/mol. The monoisotopic (exact) mass is 295 g/mol. The summed E-state index contributed by atoms with van der Waals surface area (Å²) in [6, 6.07) is 9.97. The standard InChI is InChI=1S/C18H17NO3/c1-22-18-15(21)9-12-6-7-19(10-20)14-8-11-4-2-3-5-13(11)17(18)16(12)14/h2-5,9-10,14,21H,6-8H2,1H3/t14-/m1/s1. The molecule has 2 aromatic carbocycles. The highest BCUT2D eigenvalue weighted by molar-refractivity contribution is 5.83. The summed E-state index contributed by atoms with van der Waals surface area (Å²) in [5.41, 5.74) is 5.47. The van der Waals surface area contributed by atoms with Crippen molar-refractivity contribution in [2.75, 3.05) is 13.7 Å². The molecule has 2 aliphatic rings. The van der Waals surface area contributed by atoms with Gasteiger partial charge in [0, 0.05) is 12.1 Å². The zero-order valence-corrected chi connectivity index (χ0v) is 12.4. The fourth-order valence-electron chi connectivity index (χ4n) is 3.85. The van der Waals surface area contributed by atoms with Crippen molar-refractivity contribution < 1.29 is 14.6 Å². The van der Waals surface area contributed by atoms with E-state index in [2.05, 4.69) is 12.1 Å². The molecule has 1 aliphatic heterocycles. The van der Waals surface area contributed by atoms with Crippen LogP contribution < -0.4 is 4.74 Å². The molecule has 0 saturated carbocycles. The Bertz CT molecular complexity index is 769. The lowest BCUT2D eigenvalue weighted by Gasteiger charge is -2.40. The summed E-state index contributed by atoms with van der Waals surface area (Å²) in [5, 5.41) is 10.3. The quantitative estimate of drug-likeness (QED) is 0.867. The van der Waals surface area contributed by atoms with Gasteiger partial charge in [0.2, 0.25) is 6.41 Å². The number of aromatic hydroxyl groups is 1. The Morgan fingerprint density at radius 1 is 1.32 bits per heavy atom. The van der Waals surface area contributed by atoms with Gasteiger partial charge in [0.05, 0.1) is 13.2 Å². The zero-order valence-electron chi connectivity index (χ0n) is 12.4. The van der Waals surface area contributed by atoms with E-state index in [1.807, 2.05) is 17.0 Å². The Morgan fingerprint density at radius 2 is 2.14 bits per heavy atom. The first-order valence-electron chi connectivity index (χ1n) is 7.46. The fourth-order valence-corrected chi connectivity index (χ4v) is 3.85. The molecule has 0 spiro atoms. The summed E-state index contributed by atoms with van der Waals surface area (Å²) in [4.78, 5) is 13.3. The van der Waals surface area contributed by atoms with E-state index in [9.17, 15) is 9.90 Å². The molecule has 4 rings (SSSR count). The minimum atomic E-state index is 0.0284. The van der Waals surface area contributed by atoms with Gasteiger partial charge in [0.15, 0.2) is 11.5 Å². The van der Waals surface area contributed by atoms with Crippen molar-refractivity contribution >= 4 is 6.41 Å². The lowest BCUT2D eigenvalue weighted by atomic mass is 9.76. The van der Waals surface area contributed by atoms with Crippen molar-refractivity contribution in [2.45, 2.75) is 18.9 Å². The van der Waals surface area contributed by atoms with Gasteiger partial charge in [-0.3, -0.25) is 4.79 Å². The highest BCUT2D eigenvalue weighted by Gasteiger charge is 2.36. The van der Waals surface area contributed by atoms with E-state index >= 15 is 0 Å². The summed E-state index contributed by atoms with van der Waals surface area (Å²) >= 11 is 0. The molecule has 1 heterocycles. The molecule has 4 nitrogen and oxygen atoms in total. The molecule has 112 valence electrons. The van der Waals surface area contributed by atoms with Crippen LogP contribution in [-0.2, 0) is 17.6 Å². The average Bonchev–Trinajstić information content (AvgIpc) is 2.55. The molecule has 4 heteroatoms. The molecule has 1 amide bonds. The Morgan fingerprint density at radius 3 is 2.91 bits per heavy atom. The number of ether oxygens (including phenoxy) is 1. The topological polar surface area (TPSA) is 49.8 Å². The third-order valence-corrected chi connectivity index (χ3v) is 4.80. The third kappa shape index (κ3) is 1.67. The number of carbonyl (C=O) groups is 1. The van der Waals surface area contributed by atoms with Gasteiger partial charge in [0.1, 0.15) is 0 Å². The minimum absolute atomic E-state index is 0.0284. The number of methoxy groups -OCH3 is 1. The summed E-state index contributed by atoms with van der Waals surface area (Å²) in [7, 11) is 1.57. The maximum absolute atomic E-state index is 11.5. The van der Waals surface area contributed by atoms with Crippen LogP contribution in [0, 0.1) is 0 Å². The molecular weight excluding hydrogens is 278 g/mol. The van der Waals surface area contributed by atoms with Crippen LogP contribution in [0.3, 0.4) is 0 Å². The summed E-state index contributed by atoms with van der Waals surface area (Å²) < 4.78 is 5.48. The van der Waals surface area contributed by atoms with Gasteiger partial charge in [0.25, 0.3) is 0 Å². The van der Waals surface area contributed by atoms with E-state index in [-0.39, 0.29) is 11.8 Å². The Kier molecular flexibility index (Phi) is 2.86. The highest BCUT2D eigenvalue weighted by Crippen LogP contribution is 2.51. The highest BCUT2D eigenvalue weighted by atomic mass is 16.5. The number of hydrogen-bond acceptors (Lipinski definition) is 3. The number of fused-ring (bicyclic) bond motifs is 2. The SMILES string of the molecule is COc1c(O)cc2c3c1-c1ccccc1C[C@H]3N(C=O)CC2. The van der Waals surface area contributed by atoms with Crippen LogP contribution in [0.4, 0.5) is 0 Å². The van der Waals surface area contributed by atoms with Crippen molar-refractivity contribution in [3.63, 3.8) is 0 Å². The molecule has 0 fully saturated rings. The summed E-state index contributed by atoms with van der Waals surface area (Å²) in [6.45, 7) is 0.689. The van der Waals surface area contributed by atoms with Crippen molar-refractivity contribution in [2.24, 2.45) is 0 Å². The van der Waals surface area contributed by atoms with Crippen LogP contribution >= 0.6 is 0 Å². The van der Waals surface area contributed by atoms with Gasteiger partial charge < -0.3 is 14.7 Å². The molecule has 1 atom stereocenters. The first-order valence-corrected chi connectivity index (χ1v) is 7.46. The van der Waals surface area contributed by atoms with Crippen molar-refractivity contribution in [3.8, 4) is 22.6 Å². The Hall–Kier alpha value is -2.49. The maximum Gasteiger partial charge on any atom is 0.210 e. The number of phenolic OH excluding ortho intramolecular Hbond substituents is 1. The van der Waals surface area contributed by atoms with Gasteiger partial charge in [-0.2, -0.15) is 0 Å². The fraction of sp³-hybridized carbons (Fsp3) is 0.278. The van der Waals surface area contributed by atoms with E-state index < -0.39 is 0 Å². The number of phenols is 1. The molecule has 0 aromatic heterocycles. The largest absolute Gasteiger partial charge is 0.504 e. The predicted octanol–water partition coefficient (Wildman–Crippen LogP) is 2.68. The number of rotatable bonds is 2. The van der Waals surface area contributed by atoms with Crippen molar-refractivity contribution in [3.05, 3.63) is 47.0 Å². The lowest BCUT2D eigenvalue weighted by molar-refractivity contribution is -0.120. The van der Waals surface area contributed by atoms with Crippen LogP contribution in [-0.4, -0.2) is 30.1 Å². The van der Waals surface area contributed by atoms with Crippen molar-refractivity contribution in [1.82, 2.24) is 4.90 Å². The van der Waals surface area contributed by atoms with E-state index in [1.54, 1.807) is 13.2 Å². The van der Waals surface area contributed by atoms with Gasteiger partial charge in [-0.25, -0.2) is 0 Å². The molecule has 0 saturated heterocycles. The molecule has 0 bridgehead atoms. The first-order chi connectivity index (χ1) is 10.7. The number of benzene rings is 2. The molecule has 1 N–H and O–H groups in total. The predicted molar refractivity (Wildman–Crippen MR) is 83.0 cm³/mol. The molecule has 22 heavy (non-hydrogen) atoms. The minimum Gasteiger partial charge on any atom is -0.504 e. The number of carbonyl (C=O) groups excluding carboxylic acids is 1. The molecule has 0 unspecified atom stereocenters. The van der Waals surface area contributed by atoms with Crippen LogP contribution in [0.2, 0.25) is 0 Å². The number of nitrogens with zero attached hydrogens (tertiary/aromatic N) is 1. The van der Waals surface area contributed by atoms with Crippen LogP contribution in [0.5, 0.6) is 11.5 Å². The van der Waals surface area contributed by atoms with E-state index in [1.165, 1.54) is 5.56 Å². The summed E-state index contributed by atoms with van der Waals surface area (Å²) in [5.74, 6) is 0.676. The lowest BCUT2D eigenvalue weighted by Crippen LogP contribution is -2.37. The van der Waals surface area contributed by atoms with Gasteiger partial charge in [-0.15, -0.1) is 0 Å². The van der Waals surface area contributed by atoms with Crippen molar-refractivity contribution in [1.29, 1.82) is 0 Å². The first kappa shape index (κ1) is 13.2. The number of amides is 1. The number of hydrogen-bond donors (Lipinski definition) is 1. The van der Waals surface area contributed by atoms with Crippen LogP contribution in [0.15, 0.2) is 30.3 Å². The Balaban J connectivity index is 2.08. The zero-order chi connectivity index (χ0) is 15.3. The summed E-state index contributed by atoms with van der Waals surface area (Å²) in [6.07, 6.45) is 2.50. The second kappa shape index (κ2) is 4.77. The second-order valence-corrected chi connectivity index (χ2v) is 5.85. The molecule has 1 aliphatic carbocycles. The van der Waals surface area contributed by atoms with Gasteiger partial charge in [-0.1, -0.05) is 24.3 Å². The van der Waals surface area contributed by atoms with Crippen LogP contribution in [0.1, 0.15) is 22.7 Å². The second-order valence-electron chi connectivity index (χ2n) is 5.85. The molecule has 0 radical (unpaired) electrons. The normalized spacial score (nSPS) is 18.4.